The molecule has 0 saturated carbocycles. The van der Waals surface area contributed by atoms with E-state index in [1.54, 1.807) is 43.3 Å². The van der Waals surface area contributed by atoms with Gasteiger partial charge in [0.15, 0.2) is 0 Å². The van der Waals surface area contributed by atoms with Gasteiger partial charge in [-0.05, 0) is 36.2 Å². The van der Waals surface area contributed by atoms with Crippen molar-refractivity contribution in [2.24, 2.45) is 0 Å². The smallest absolute Gasteiger partial charge is 0.322 e. The highest BCUT2D eigenvalue weighted by Gasteiger charge is 2.33. The van der Waals surface area contributed by atoms with Gasteiger partial charge in [-0.15, -0.1) is 0 Å². The molecule has 0 amide bonds. The van der Waals surface area contributed by atoms with E-state index in [1.807, 2.05) is 0 Å². The topological polar surface area (TPSA) is 74.7 Å². The molecule has 0 aliphatic carbocycles. The number of sulfonamides is 1. The van der Waals surface area contributed by atoms with Gasteiger partial charge in [-0.2, -0.15) is 4.31 Å². The fourth-order valence-electron chi connectivity index (χ4n) is 2.38. The molecule has 0 saturated heterocycles. The van der Waals surface area contributed by atoms with E-state index in [-0.39, 0.29) is 11.3 Å². The quantitative estimate of drug-likeness (QED) is 0.851. The maximum Gasteiger partial charge on any atom is 0.322 e. The minimum atomic E-state index is -3.91. The molecule has 1 atom stereocenters. The third-order valence-electron chi connectivity index (χ3n) is 3.94. The van der Waals surface area contributed by atoms with Crippen molar-refractivity contribution < 1.29 is 18.3 Å². The number of halogens is 1. The van der Waals surface area contributed by atoms with E-state index in [4.69, 9.17) is 11.6 Å². The molecule has 0 aromatic heterocycles. The van der Waals surface area contributed by atoms with E-state index < -0.39 is 22.0 Å². The van der Waals surface area contributed by atoms with Crippen LogP contribution in [0.3, 0.4) is 0 Å². The van der Waals surface area contributed by atoms with Crippen LogP contribution in [0.5, 0.6) is 0 Å². The van der Waals surface area contributed by atoms with Crippen molar-refractivity contribution in [3.05, 3.63) is 64.7 Å². The first kappa shape index (κ1) is 18.4. The lowest BCUT2D eigenvalue weighted by Crippen LogP contribution is -2.43. The molecule has 0 fully saturated rings. The summed E-state index contributed by atoms with van der Waals surface area (Å²) in [4.78, 5) is 11.7. The van der Waals surface area contributed by atoms with Gasteiger partial charge in [0.05, 0.1) is 4.90 Å². The van der Waals surface area contributed by atoms with Gasteiger partial charge in [0.1, 0.15) is 6.04 Å². The van der Waals surface area contributed by atoms with Crippen LogP contribution in [0.25, 0.3) is 0 Å². The van der Waals surface area contributed by atoms with Crippen LogP contribution in [0.2, 0.25) is 5.02 Å². The normalized spacial score (nSPS) is 13.0. The first-order valence-corrected chi connectivity index (χ1v) is 9.07. The number of nitrogens with zero attached hydrogens (tertiary/aromatic N) is 1. The Kier molecular flexibility index (Phi) is 5.64. The van der Waals surface area contributed by atoms with Crippen molar-refractivity contribution >= 4 is 27.6 Å². The third-order valence-corrected chi connectivity index (χ3v) is 6.23. The summed E-state index contributed by atoms with van der Waals surface area (Å²) in [5, 5.41) is 10.1. The first-order chi connectivity index (χ1) is 11.2. The lowest BCUT2D eigenvalue weighted by molar-refractivity contribution is -0.141. The standard InChI is InChI=1S/C17H18ClNO4S/c1-12-13(7-6-10-15(12)18)11-16(17(20)21)19(2)24(22,23)14-8-4-3-5-9-14/h3-10,16H,11H2,1-2H3,(H,20,21). The largest absolute Gasteiger partial charge is 0.480 e. The summed E-state index contributed by atoms with van der Waals surface area (Å²) in [6.45, 7) is 1.78. The second-order valence-corrected chi connectivity index (χ2v) is 7.82. The maximum absolute atomic E-state index is 12.7. The molecule has 7 heteroatoms. The molecule has 24 heavy (non-hydrogen) atoms. The fourth-order valence-corrected chi connectivity index (χ4v) is 3.91. The summed E-state index contributed by atoms with van der Waals surface area (Å²) in [7, 11) is -2.63. The molecular weight excluding hydrogens is 350 g/mol. The SMILES string of the molecule is Cc1c(Cl)cccc1CC(C(=O)O)N(C)S(=O)(=O)c1ccccc1. The summed E-state index contributed by atoms with van der Waals surface area (Å²) in [5.41, 5.74) is 1.45. The number of hydrogen-bond donors (Lipinski definition) is 1. The zero-order valence-corrected chi connectivity index (χ0v) is 14.9. The van der Waals surface area contributed by atoms with Gasteiger partial charge in [-0.1, -0.05) is 41.9 Å². The molecule has 0 heterocycles. The van der Waals surface area contributed by atoms with Crippen LogP contribution in [-0.2, 0) is 21.2 Å². The number of aliphatic carboxylic acids is 1. The predicted molar refractivity (Wildman–Crippen MR) is 92.7 cm³/mol. The van der Waals surface area contributed by atoms with E-state index in [9.17, 15) is 18.3 Å². The van der Waals surface area contributed by atoms with Gasteiger partial charge in [0, 0.05) is 18.5 Å². The average molecular weight is 368 g/mol. The minimum Gasteiger partial charge on any atom is -0.480 e. The summed E-state index contributed by atoms with van der Waals surface area (Å²) in [6.07, 6.45) is 0.0320. The number of rotatable bonds is 6. The van der Waals surface area contributed by atoms with Crippen LogP contribution in [0.1, 0.15) is 11.1 Å². The highest BCUT2D eigenvalue weighted by Crippen LogP contribution is 2.23. The molecule has 2 aromatic carbocycles. The minimum absolute atomic E-state index is 0.0320. The van der Waals surface area contributed by atoms with Crippen molar-refractivity contribution in [1.29, 1.82) is 0 Å². The molecule has 2 aromatic rings. The molecule has 0 aliphatic rings. The van der Waals surface area contributed by atoms with Crippen molar-refractivity contribution in [2.45, 2.75) is 24.3 Å². The number of carbonyl (C=O) groups is 1. The monoisotopic (exact) mass is 367 g/mol. The van der Waals surface area contributed by atoms with E-state index in [1.165, 1.54) is 19.2 Å². The maximum atomic E-state index is 12.7. The zero-order valence-electron chi connectivity index (χ0n) is 13.3. The van der Waals surface area contributed by atoms with Crippen LogP contribution < -0.4 is 0 Å². The molecule has 0 aliphatic heterocycles. The molecule has 2 rings (SSSR count). The molecule has 1 unspecified atom stereocenters. The van der Waals surface area contributed by atoms with Crippen LogP contribution in [0, 0.1) is 6.92 Å². The predicted octanol–water partition coefficient (Wildman–Crippen LogP) is 2.96. The Morgan fingerprint density at radius 3 is 2.38 bits per heavy atom. The van der Waals surface area contributed by atoms with Crippen LogP contribution in [0.4, 0.5) is 0 Å². The van der Waals surface area contributed by atoms with Crippen molar-refractivity contribution in [3.63, 3.8) is 0 Å². The van der Waals surface area contributed by atoms with E-state index in [0.29, 0.717) is 10.6 Å². The van der Waals surface area contributed by atoms with Gasteiger partial charge in [0.25, 0.3) is 0 Å². The highest BCUT2D eigenvalue weighted by molar-refractivity contribution is 7.89. The van der Waals surface area contributed by atoms with Crippen molar-refractivity contribution in [2.75, 3.05) is 7.05 Å². The molecular formula is C17H18ClNO4S. The molecule has 128 valence electrons. The number of carboxylic acid groups (broad SMARTS) is 1. The van der Waals surface area contributed by atoms with E-state index >= 15 is 0 Å². The lowest BCUT2D eigenvalue weighted by atomic mass is 10.0. The molecule has 5 nitrogen and oxygen atoms in total. The molecule has 0 bridgehead atoms. The van der Waals surface area contributed by atoms with Crippen LogP contribution >= 0.6 is 11.6 Å². The Labute approximate surface area is 146 Å². The zero-order chi connectivity index (χ0) is 17.9. The number of benzene rings is 2. The Bertz CT molecular complexity index is 837. The highest BCUT2D eigenvalue weighted by atomic mass is 35.5. The summed E-state index contributed by atoms with van der Waals surface area (Å²) >= 11 is 6.06. The van der Waals surface area contributed by atoms with E-state index in [2.05, 4.69) is 0 Å². The van der Waals surface area contributed by atoms with Gasteiger partial charge >= 0.3 is 5.97 Å². The number of likely N-dealkylation sites (N-methyl/N-ethyl adjacent to an activating group) is 1. The summed E-state index contributed by atoms with van der Waals surface area (Å²) in [6, 6.07) is 11.7. The molecule has 0 spiro atoms. The van der Waals surface area contributed by atoms with Gasteiger partial charge in [-0.3, -0.25) is 4.79 Å². The molecule has 0 radical (unpaired) electrons. The van der Waals surface area contributed by atoms with Gasteiger partial charge in [0.2, 0.25) is 10.0 Å². The Hall–Kier alpha value is -1.89. The molecule has 1 N–H and O–H groups in total. The number of hydrogen-bond acceptors (Lipinski definition) is 3. The van der Waals surface area contributed by atoms with Crippen molar-refractivity contribution in [1.82, 2.24) is 4.31 Å². The van der Waals surface area contributed by atoms with Crippen LogP contribution in [-0.4, -0.2) is 36.9 Å². The summed E-state index contributed by atoms with van der Waals surface area (Å²) in [5.74, 6) is -1.21. The van der Waals surface area contributed by atoms with Gasteiger partial charge in [-0.25, -0.2) is 8.42 Å². The average Bonchev–Trinajstić information content (AvgIpc) is 2.56. The van der Waals surface area contributed by atoms with Gasteiger partial charge < -0.3 is 5.11 Å². The summed E-state index contributed by atoms with van der Waals surface area (Å²) < 4.78 is 26.2. The Balaban J connectivity index is 2.37. The second-order valence-electron chi connectivity index (χ2n) is 5.42. The third kappa shape index (κ3) is 3.77. The van der Waals surface area contributed by atoms with Crippen molar-refractivity contribution in [3.8, 4) is 0 Å². The lowest BCUT2D eigenvalue weighted by Gasteiger charge is -2.25. The Morgan fingerprint density at radius 2 is 1.79 bits per heavy atom. The van der Waals surface area contributed by atoms with Crippen LogP contribution in [0.15, 0.2) is 53.4 Å². The van der Waals surface area contributed by atoms with E-state index in [0.717, 1.165) is 9.87 Å². The Morgan fingerprint density at radius 1 is 1.17 bits per heavy atom. The first-order valence-electron chi connectivity index (χ1n) is 7.25. The second kappa shape index (κ2) is 7.34. The number of carboxylic acids is 1. The fraction of sp³-hybridized carbons (Fsp3) is 0.235.